The molecule has 5 heteroatoms. The Labute approximate surface area is 95.8 Å². The van der Waals surface area contributed by atoms with Gasteiger partial charge in [-0.05, 0) is 5.56 Å². The van der Waals surface area contributed by atoms with Crippen molar-refractivity contribution in [2.75, 3.05) is 0 Å². The van der Waals surface area contributed by atoms with Crippen molar-refractivity contribution < 1.29 is 5.11 Å². The van der Waals surface area contributed by atoms with Crippen molar-refractivity contribution in [3.05, 3.63) is 50.4 Å². The zero-order valence-corrected chi connectivity index (χ0v) is 9.39. The summed E-state index contributed by atoms with van der Waals surface area (Å²) >= 11 is 5.08. The van der Waals surface area contributed by atoms with Crippen molar-refractivity contribution in [2.45, 2.75) is 11.1 Å². The first-order chi connectivity index (χ1) is 7.18. The summed E-state index contributed by atoms with van der Waals surface area (Å²) in [5.74, 6) is 0. The van der Waals surface area contributed by atoms with Gasteiger partial charge in [0.15, 0.2) is 0 Å². The number of nitrogens with one attached hydrogen (secondary N) is 1. The predicted octanol–water partition coefficient (Wildman–Crippen LogP) is 1.81. The van der Waals surface area contributed by atoms with Crippen LogP contribution in [0.25, 0.3) is 0 Å². The number of aliphatic hydroxyl groups excluding tert-OH is 1. The Morgan fingerprint density at radius 2 is 2.00 bits per heavy atom. The van der Waals surface area contributed by atoms with Crippen LogP contribution in [-0.2, 0) is 0 Å². The molecule has 2 N–H and O–H groups in total. The lowest BCUT2D eigenvalue weighted by Crippen LogP contribution is -1.97. The minimum atomic E-state index is -0.789. The highest BCUT2D eigenvalue weighted by atomic mass is 32.1. The molecule has 1 heterocycles. The van der Waals surface area contributed by atoms with Gasteiger partial charge in [0, 0.05) is 0 Å². The summed E-state index contributed by atoms with van der Waals surface area (Å²) in [5, 5.41) is 10.4. The number of aliphatic hydroxyl groups is 1. The Morgan fingerprint density at radius 3 is 2.53 bits per heavy atom. The number of aromatic amines is 1. The Kier molecular flexibility index (Phi) is 2.95. The summed E-state index contributed by atoms with van der Waals surface area (Å²) in [6, 6.07) is 9.17. The first kappa shape index (κ1) is 10.5. The second-order valence-electron chi connectivity index (χ2n) is 3.04. The molecular formula is C10H9NO2S2. The van der Waals surface area contributed by atoms with Gasteiger partial charge in [0.05, 0.1) is 9.90 Å². The number of thiazole rings is 1. The van der Waals surface area contributed by atoms with Gasteiger partial charge in [-0.1, -0.05) is 41.7 Å². The summed E-state index contributed by atoms with van der Waals surface area (Å²) in [6.45, 7) is 0. The number of benzene rings is 1. The third kappa shape index (κ3) is 2.14. The molecule has 1 unspecified atom stereocenters. The number of rotatable bonds is 2. The molecule has 0 aliphatic rings. The summed E-state index contributed by atoms with van der Waals surface area (Å²) < 4.78 is 0. The van der Waals surface area contributed by atoms with Gasteiger partial charge in [0.1, 0.15) is 6.10 Å². The van der Waals surface area contributed by atoms with E-state index in [0.717, 1.165) is 16.9 Å². The lowest BCUT2D eigenvalue weighted by Gasteiger charge is -2.08. The fourth-order valence-electron chi connectivity index (χ4n) is 1.30. The van der Waals surface area contributed by atoms with Gasteiger partial charge in [-0.25, -0.2) is 0 Å². The maximum atomic E-state index is 11.0. The molecule has 2 aromatic rings. The van der Waals surface area contributed by atoms with Crippen LogP contribution in [0.2, 0.25) is 0 Å². The molecule has 0 saturated carbocycles. The molecule has 0 aliphatic carbocycles. The van der Waals surface area contributed by atoms with Crippen LogP contribution >= 0.6 is 24.0 Å². The molecule has 78 valence electrons. The molecule has 1 atom stereocenters. The SMILES string of the molecule is O=c1[nH]c(S)c(C(O)c2ccccc2)s1. The average Bonchev–Trinajstić information content (AvgIpc) is 2.58. The van der Waals surface area contributed by atoms with Crippen molar-refractivity contribution in [3.63, 3.8) is 0 Å². The standard InChI is InChI=1S/C10H9NO2S2/c12-7(6-4-2-1-3-5-6)8-9(14)11-10(13)15-8/h1-5,7,12,14H,(H,11,13). The highest BCUT2D eigenvalue weighted by molar-refractivity contribution is 7.80. The van der Waals surface area contributed by atoms with Crippen LogP contribution in [0.3, 0.4) is 0 Å². The van der Waals surface area contributed by atoms with Crippen LogP contribution in [0, 0.1) is 0 Å². The van der Waals surface area contributed by atoms with E-state index in [4.69, 9.17) is 0 Å². The van der Waals surface area contributed by atoms with E-state index in [1.54, 1.807) is 0 Å². The van der Waals surface area contributed by atoms with E-state index >= 15 is 0 Å². The van der Waals surface area contributed by atoms with Crippen molar-refractivity contribution >= 4 is 24.0 Å². The third-order valence-corrected chi connectivity index (χ3v) is 3.46. The van der Waals surface area contributed by atoms with E-state index in [-0.39, 0.29) is 4.87 Å². The van der Waals surface area contributed by atoms with Gasteiger partial charge in [-0.2, -0.15) is 0 Å². The van der Waals surface area contributed by atoms with Crippen LogP contribution in [0.4, 0.5) is 0 Å². The Morgan fingerprint density at radius 1 is 1.33 bits per heavy atom. The molecule has 0 bridgehead atoms. The zero-order valence-electron chi connectivity index (χ0n) is 7.68. The minimum absolute atomic E-state index is 0.204. The van der Waals surface area contributed by atoms with Crippen molar-refractivity contribution in [1.82, 2.24) is 4.98 Å². The highest BCUT2D eigenvalue weighted by Crippen LogP contribution is 2.27. The number of hydrogen-bond acceptors (Lipinski definition) is 4. The van der Waals surface area contributed by atoms with E-state index < -0.39 is 6.10 Å². The smallest absolute Gasteiger partial charge is 0.305 e. The van der Waals surface area contributed by atoms with Crippen LogP contribution in [0.5, 0.6) is 0 Å². The molecule has 3 nitrogen and oxygen atoms in total. The molecule has 0 amide bonds. The maximum Gasteiger partial charge on any atom is 0.305 e. The molecular weight excluding hydrogens is 230 g/mol. The number of thiol groups is 1. The highest BCUT2D eigenvalue weighted by Gasteiger charge is 2.16. The lowest BCUT2D eigenvalue weighted by atomic mass is 10.1. The Balaban J connectivity index is 2.41. The minimum Gasteiger partial charge on any atom is -0.383 e. The van der Waals surface area contributed by atoms with Gasteiger partial charge in [0.2, 0.25) is 0 Å². The molecule has 0 aliphatic heterocycles. The quantitative estimate of drug-likeness (QED) is 0.700. The number of H-pyrrole nitrogens is 1. The summed E-state index contributed by atoms with van der Waals surface area (Å²) in [5.41, 5.74) is 0.753. The molecule has 2 rings (SSSR count). The van der Waals surface area contributed by atoms with E-state index in [1.807, 2.05) is 30.3 Å². The fraction of sp³-hybridized carbons (Fsp3) is 0.100. The summed E-state index contributed by atoms with van der Waals surface area (Å²) in [4.78, 5) is 13.9. The molecule has 1 aromatic heterocycles. The van der Waals surface area contributed by atoms with Crippen LogP contribution in [0.1, 0.15) is 16.5 Å². The fourth-order valence-corrected chi connectivity index (χ4v) is 2.49. The molecule has 0 spiro atoms. The second kappa shape index (κ2) is 4.22. The Hall–Kier alpha value is -1.04. The second-order valence-corrected chi connectivity index (χ2v) is 4.50. The first-order valence-corrected chi connectivity index (χ1v) is 5.60. The summed E-state index contributed by atoms with van der Waals surface area (Å²) in [6.07, 6.45) is -0.789. The van der Waals surface area contributed by atoms with Crippen LogP contribution in [0.15, 0.2) is 40.2 Å². The summed E-state index contributed by atoms with van der Waals surface area (Å²) in [7, 11) is 0. The van der Waals surface area contributed by atoms with Crippen molar-refractivity contribution in [1.29, 1.82) is 0 Å². The van der Waals surface area contributed by atoms with E-state index in [1.165, 1.54) is 0 Å². The molecule has 0 saturated heterocycles. The van der Waals surface area contributed by atoms with Crippen LogP contribution in [-0.4, -0.2) is 10.1 Å². The molecule has 15 heavy (non-hydrogen) atoms. The molecule has 0 fully saturated rings. The lowest BCUT2D eigenvalue weighted by molar-refractivity contribution is 0.221. The molecule has 0 radical (unpaired) electrons. The predicted molar refractivity (Wildman–Crippen MR) is 62.7 cm³/mol. The largest absolute Gasteiger partial charge is 0.383 e. The number of aromatic nitrogens is 1. The van der Waals surface area contributed by atoms with Crippen molar-refractivity contribution in [3.8, 4) is 0 Å². The van der Waals surface area contributed by atoms with Crippen molar-refractivity contribution in [2.24, 2.45) is 0 Å². The Bertz CT molecular complexity index is 504. The van der Waals surface area contributed by atoms with Crippen LogP contribution < -0.4 is 4.87 Å². The van der Waals surface area contributed by atoms with E-state index in [2.05, 4.69) is 17.6 Å². The monoisotopic (exact) mass is 239 g/mol. The maximum absolute atomic E-state index is 11.0. The van der Waals surface area contributed by atoms with Gasteiger partial charge in [-0.3, -0.25) is 4.79 Å². The van der Waals surface area contributed by atoms with E-state index in [9.17, 15) is 9.90 Å². The third-order valence-electron chi connectivity index (χ3n) is 2.02. The normalized spacial score (nSPS) is 12.7. The van der Waals surface area contributed by atoms with Gasteiger partial charge < -0.3 is 10.1 Å². The topological polar surface area (TPSA) is 53.1 Å². The van der Waals surface area contributed by atoms with E-state index in [0.29, 0.717) is 9.90 Å². The van der Waals surface area contributed by atoms with Gasteiger partial charge >= 0.3 is 4.87 Å². The zero-order chi connectivity index (χ0) is 10.8. The average molecular weight is 239 g/mol. The van der Waals surface area contributed by atoms with Gasteiger partial charge in [-0.15, -0.1) is 12.6 Å². The molecule has 1 aromatic carbocycles. The first-order valence-electron chi connectivity index (χ1n) is 4.33. The van der Waals surface area contributed by atoms with Gasteiger partial charge in [0.25, 0.3) is 0 Å². The number of hydrogen-bond donors (Lipinski definition) is 3.